The molecule has 0 spiro atoms. The van der Waals surface area contributed by atoms with Crippen molar-refractivity contribution in [2.75, 3.05) is 13.1 Å². The third kappa shape index (κ3) is 4.34. The minimum Gasteiger partial charge on any atom is -0.476 e. The molecule has 28 heavy (non-hydrogen) atoms. The molecule has 0 amide bonds. The minimum atomic E-state index is -4.87. The molecule has 0 radical (unpaired) electrons. The Morgan fingerprint density at radius 1 is 1.25 bits per heavy atom. The average Bonchev–Trinajstić information content (AvgIpc) is 3.11. The lowest BCUT2D eigenvalue weighted by Crippen LogP contribution is -2.34. The smallest absolute Gasteiger partial charge is 0.476 e. The maximum absolute atomic E-state index is 12.6. The Labute approximate surface area is 156 Å². The lowest BCUT2D eigenvalue weighted by atomic mass is 10.1. The number of sulfonamides is 1. The van der Waals surface area contributed by atoms with Crippen molar-refractivity contribution in [3.05, 3.63) is 48.2 Å². The summed E-state index contributed by atoms with van der Waals surface area (Å²) in [6.45, 7) is 0.0447. The second kappa shape index (κ2) is 7.28. The van der Waals surface area contributed by atoms with E-state index in [1.165, 1.54) is 0 Å². The number of hydrogen-bond donors (Lipinski definition) is 1. The molecule has 0 unspecified atom stereocenters. The molecule has 0 fully saturated rings. The van der Waals surface area contributed by atoms with Crippen LogP contribution in [-0.2, 0) is 10.0 Å². The van der Waals surface area contributed by atoms with E-state index in [1.807, 2.05) is 0 Å². The number of halogens is 3. The fourth-order valence-electron chi connectivity index (χ4n) is 2.54. The number of rotatable bonds is 5. The van der Waals surface area contributed by atoms with E-state index in [1.54, 1.807) is 6.08 Å². The highest BCUT2D eigenvalue weighted by Crippen LogP contribution is 2.28. The fourth-order valence-corrected chi connectivity index (χ4v) is 3.93. The van der Waals surface area contributed by atoms with Gasteiger partial charge in [-0.05, 0) is 30.7 Å². The highest BCUT2D eigenvalue weighted by atomic mass is 32.2. The lowest BCUT2D eigenvalue weighted by Gasteiger charge is -2.25. The largest absolute Gasteiger partial charge is 0.573 e. The highest BCUT2D eigenvalue weighted by Gasteiger charge is 2.32. The Hall–Kier alpha value is -2.86. The van der Waals surface area contributed by atoms with E-state index in [0.29, 0.717) is 5.57 Å². The molecule has 1 aromatic carbocycles. The number of carboxylic acid groups (broad SMARTS) is 1. The molecule has 2 aromatic rings. The van der Waals surface area contributed by atoms with Gasteiger partial charge in [0, 0.05) is 18.7 Å². The van der Waals surface area contributed by atoms with Crippen LogP contribution >= 0.6 is 0 Å². The van der Waals surface area contributed by atoms with Crippen molar-refractivity contribution in [3.8, 4) is 5.75 Å². The first kappa shape index (κ1) is 19.9. The SMILES string of the molecule is O=C(O)c1coc(C2=CCN(S(=O)(=O)c3ccc(OC(F)(F)F)cc3)CC2)n1. The molecule has 3 rings (SSSR count). The summed E-state index contributed by atoms with van der Waals surface area (Å²) < 4.78 is 71.8. The number of hydrogen-bond acceptors (Lipinski definition) is 6. The van der Waals surface area contributed by atoms with Crippen LogP contribution in [0.4, 0.5) is 13.2 Å². The summed E-state index contributed by atoms with van der Waals surface area (Å²) in [5.74, 6) is -1.66. The standard InChI is InChI=1S/C16H13F3N2O6S/c17-16(18,19)27-11-1-3-12(4-2-11)28(24,25)21-7-5-10(6-8-21)14-20-13(9-26-14)15(22)23/h1-5,9H,6-8H2,(H,22,23). The van der Waals surface area contributed by atoms with E-state index >= 15 is 0 Å². The first-order valence-corrected chi connectivity index (χ1v) is 9.24. The Balaban J connectivity index is 1.73. The maximum Gasteiger partial charge on any atom is 0.573 e. The predicted molar refractivity (Wildman–Crippen MR) is 87.9 cm³/mol. The third-order valence-electron chi connectivity index (χ3n) is 3.86. The number of aromatic carboxylic acids is 1. The van der Waals surface area contributed by atoms with E-state index in [-0.39, 0.29) is 36.0 Å². The molecular formula is C16H13F3N2O6S. The number of carboxylic acids is 1. The van der Waals surface area contributed by atoms with E-state index in [9.17, 15) is 26.4 Å². The van der Waals surface area contributed by atoms with E-state index in [0.717, 1.165) is 34.8 Å². The summed E-state index contributed by atoms with van der Waals surface area (Å²) >= 11 is 0. The first-order valence-electron chi connectivity index (χ1n) is 7.80. The van der Waals surface area contributed by atoms with E-state index in [4.69, 9.17) is 9.52 Å². The molecule has 1 aromatic heterocycles. The Morgan fingerprint density at radius 2 is 1.93 bits per heavy atom. The van der Waals surface area contributed by atoms with Crippen molar-refractivity contribution in [2.24, 2.45) is 0 Å². The van der Waals surface area contributed by atoms with Gasteiger partial charge in [0.25, 0.3) is 0 Å². The molecule has 0 saturated carbocycles. The van der Waals surface area contributed by atoms with Gasteiger partial charge < -0.3 is 14.3 Å². The summed E-state index contributed by atoms with van der Waals surface area (Å²) in [4.78, 5) is 14.5. The molecule has 0 bridgehead atoms. The summed E-state index contributed by atoms with van der Waals surface area (Å²) in [6.07, 6.45) is -2.10. The molecule has 0 atom stereocenters. The van der Waals surface area contributed by atoms with Gasteiger partial charge in [-0.3, -0.25) is 0 Å². The number of oxazole rings is 1. The van der Waals surface area contributed by atoms with Crippen LogP contribution in [-0.4, -0.2) is 48.2 Å². The molecule has 1 N–H and O–H groups in total. The Bertz CT molecular complexity index is 1010. The molecule has 1 aliphatic rings. The van der Waals surface area contributed by atoms with Gasteiger partial charge in [0.1, 0.15) is 12.0 Å². The van der Waals surface area contributed by atoms with Crippen LogP contribution < -0.4 is 4.74 Å². The molecular weight excluding hydrogens is 405 g/mol. The summed E-state index contributed by atoms with van der Waals surface area (Å²) in [5.41, 5.74) is 0.306. The van der Waals surface area contributed by atoms with Crippen LogP contribution in [0.1, 0.15) is 22.8 Å². The second-order valence-corrected chi connectivity index (χ2v) is 7.64. The van der Waals surface area contributed by atoms with Gasteiger partial charge in [-0.25, -0.2) is 18.2 Å². The second-order valence-electron chi connectivity index (χ2n) is 5.70. The quantitative estimate of drug-likeness (QED) is 0.795. The number of benzene rings is 1. The number of aromatic nitrogens is 1. The molecule has 8 nitrogen and oxygen atoms in total. The monoisotopic (exact) mass is 418 g/mol. The van der Waals surface area contributed by atoms with Crippen molar-refractivity contribution in [2.45, 2.75) is 17.7 Å². The van der Waals surface area contributed by atoms with Crippen LogP contribution in [0.5, 0.6) is 5.75 Å². The van der Waals surface area contributed by atoms with Crippen molar-refractivity contribution >= 4 is 21.6 Å². The fraction of sp³-hybridized carbons (Fsp3) is 0.250. The zero-order valence-corrected chi connectivity index (χ0v) is 14.8. The lowest BCUT2D eigenvalue weighted by molar-refractivity contribution is -0.274. The number of nitrogens with zero attached hydrogens (tertiary/aromatic N) is 2. The Morgan fingerprint density at radius 3 is 2.43 bits per heavy atom. The zero-order chi connectivity index (χ0) is 20.5. The maximum atomic E-state index is 12.6. The van der Waals surface area contributed by atoms with Gasteiger partial charge in [-0.15, -0.1) is 13.2 Å². The minimum absolute atomic E-state index is 0.0245. The molecule has 1 aliphatic heterocycles. The van der Waals surface area contributed by atoms with Gasteiger partial charge in [0.15, 0.2) is 5.69 Å². The third-order valence-corrected chi connectivity index (χ3v) is 5.74. The van der Waals surface area contributed by atoms with Gasteiger partial charge in [0.2, 0.25) is 15.9 Å². The zero-order valence-electron chi connectivity index (χ0n) is 14.0. The van der Waals surface area contributed by atoms with Crippen molar-refractivity contribution in [1.29, 1.82) is 0 Å². The van der Waals surface area contributed by atoms with Crippen LogP contribution in [0.3, 0.4) is 0 Å². The van der Waals surface area contributed by atoms with Gasteiger partial charge >= 0.3 is 12.3 Å². The highest BCUT2D eigenvalue weighted by molar-refractivity contribution is 7.89. The van der Waals surface area contributed by atoms with Gasteiger partial charge in [-0.2, -0.15) is 4.31 Å². The van der Waals surface area contributed by atoms with Crippen molar-refractivity contribution in [3.63, 3.8) is 0 Å². The van der Waals surface area contributed by atoms with Gasteiger partial charge in [0.05, 0.1) is 4.90 Å². The van der Waals surface area contributed by atoms with Crippen LogP contribution in [0.2, 0.25) is 0 Å². The topological polar surface area (TPSA) is 110 Å². The number of alkyl halides is 3. The van der Waals surface area contributed by atoms with Crippen LogP contribution in [0, 0.1) is 0 Å². The van der Waals surface area contributed by atoms with Gasteiger partial charge in [-0.1, -0.05) is 6.08 Å². The van der Waals surface area contributed by atoms with Crippen molar-refractivity contribution in [1.82, 2.24) is 9.29 Å². The average molecular weight is 418 g/mol. The molecule has 150 valence electrons. The predicted octanol–water partition coefficient (Wildman–Crippen LogP) is 2.75. The number of ether oxygens (including phenoxy) is 1. The summed E-state index contributed by atoms with van der Waals surface area (Å²) in [7, 11) is -3.93. The van der Waals surface area contributed by atoms with Crippen molar-refractivity contribution < 1.29 is 40.6 Å². The number of carbonyl (C=O) groups is 1. The first-order chi connectivity index (χ1) is 13.1. The van der Waals surface area contributed by atoms with Crippen LogP contribution in [0.25, 0.3) is 5.57 Å². The Kier molecular flexibility index (Phi) is 5.17. The van der Waals surface area contributed by atoms with Crippen LogP contribution in [0.15, 0.2) is 45.9 Å². The summed E-state index contributed by atoms with van der Waals surface area (Å²) in [5, 5.41) is 8.85. The summed E-state index contributed by atoms with van der Waals surface area (Å²) in [6, 6.07) is 3.91. The molecule has 2 heterocycles. The van der Waals surface area contributed by atoms with E-state index in [2.05, 4.69) is 9.72 Å². The molecule has 0 saturated heterocycles. The molecule has 0 aliphatic carbocycles. The molecule has 12 heteroatoms. The normalized spacial score (nSPS) is 15.9. The van der Waals surface area contributed by atoms with E-state index < -0.39 is 28.1 Å².